The fourth-order valence-corrected chi connectivity index (χ4v) is 1.67. The molecule has 2 unspecified atom stereocenters. The summed E-state index contributed by atoms with van der Waals surface area (Å²) >= 11 is 0. The van der Waals surface area contributed by atoms with Gasteiger partial charge < -0.3 is 15.7 Å². The molecule has 3 N–H and O–H groups in total. The van der Waals surface area contributed by atoms with Crippen molar-refractivity contribution >= 4 is 5.97 Å². The smallest absolute Gasteiger partial charge is 0.322 e. The molecule has 1 rings (SSSR count). The molecule has 17 heavy (non-hydrogen) atoms. The van der Waals surface area contributed by atoms with Gasteiger partial charge in [-0.3, -0.25) is 4.79 Å². The summed E-state index contributed by atoms with van der Waals surface area (Å²) in [5, 5.41) is 8.85. The zero-order chi connectivity index (χ0) is 13.2. The highest BCUT2D eigenvalue weighted by Gasteiger charge is 2.30. The maximum absolute atomic E-state index is 13.6. The van der Waals surface area contributed by atoms with Crippen molar-refractivity contribution in [3.8, 4) is 0 Å². The first-order valence-corrected chi connectivity index (χ1v) is 4.94. The molecule has 4 nitrogen and oxygen atoms in total. The third-order valence-corrected chi connectivity index (χ3v) is 2.46. The molecule has 6 heteroatoms. The standard InChI is InChI=1S/C11H14F2N2O2/c1-15(2)10(9(14)11(16)17)7-5-6(12)3-4-8(7)13/h3-5,9-10H,14H2,1-2H3,(H,16,17). The van der Waals surface area contributed by atoms with Gasteiger partial charge >= 0.3 is 5.97 Å². The van der Waals surface area contributed by atoms with Gasteiger partial charge in [-0.1, -0.05) is 0 Å². The lowest BCUT2D eigenvalue weighted by Gasteiger charge is -2.28. The molecular weight excluding hydrogens is 230 g/mol. The van der Waals surface area contributed by atoms with E-state index in [-0.39, 0.29) is 5.56 Å². The number of rotatable bonds is 4. The average Bonchev–Trinajstić information content (AvgIpc) is 2.22. The molecule has 0 aromatic heterocycles. The quantitative estimate of drug-likeness (QED) is 0.828. The highest BCUT2D eigenvalue weighted by atomic mass is 19.1. The molecule has 0 saturated heterocycles. The summed E-state index contributed by atoms with van der Waals surface area (Å²) in [7, 11) is 3.11. The van der Waals surface area contributed by atoms with Gasteiger partial charge in [-0.2, -0.15) is 0 Å². The fraction of sp³-hybridized carbons (Fsp3) is 0.364. The Balaban J connectivity index is 3.22. The van der Waals surface area contributed by atoms with Gasteiger partial charge in [0.15, 0.2) is 0 Å². The molecule has 0 aliphatic heterocycles. The lowest BCUT2D eigenvalue weighted by Crippen LogP contribution is -2.43. The molecule has 0 amide bonds. The number of likely N-dealkylation sites (N-methyl/N-ethyl adjacent to an activating group) is 1. The summed E-state index contributed by atoms with van der Waals surface area (Å²) in [6.07, 6.45) is 0. The van der Waals surface area contributed by atoms with E-state index < -0.39 is 29.7 Å². The molecule has 0 aliphatic carbocycles. The van der Waals surface area contributed by atoms with Gasteiger partial charge in [-0.25, -0.2) is 8.78 Å². The highest BCUT2D eigenvalue weighted by molar-refractivity contribution is 5.74. The van der Waals surface area contributed by atoms with Gasteiger partial charge in [0, 0.05) is 5.56 Å². The largest absolute Gasteiger partial charge is 0.480 e. The molecule has 0 bridgehead atoms. The van der Waals surface area contributed by atoms with Crippen LogP contribution in [-0.4, -0.2) is 36.1 Å². The van der Waals surface area contributed by atoms with Crippen molar-refractivity contribution in [2.24, 2.45) is 5.73 Å². The summed E-state index contributed by atoms with van der Waals surface area (Å²) < 4.78 is 26.6. The monoisotopic (exact) mass is 244 g/mol. The number of aliphatic carboxylic acids is 1. The van der Waals surface area contributed by atoms with Crippen molar-refractivity contribution in [1.82, 2.24) is 4.90 Å². The molecule has 0 spiro atoms. The number of halogens is 2. The molecule has 1 aromatic carbocycles. The van der Waals surface area contributed by atoms with Crippen LogP contribution in [0.15, 0.2) is 18.2 Å². The first kappa shape index (κ1) is 13.5. The minimum absolute atomic E-state index is 0.0649. The highest BCUT2D eigenvalue weighted by Crippen LogP contribution is 2.24. The van der Waals surface area contributed by atoms with Gasteiger partial charge in [0.25, 0.3) is 0 Å². The van der Waals surface area contributed by atoms with E-state index in [4.69, 9.17) is 10.8 Å². The van der Waals surface area contributed by atoms with Crippen LogP contribution in [0.3, 0.4) is 0 Å². The number of carboxylic acids is 1. The molecule has 0 aliphatic rings. The molecule has 94 valence electrons. The van der Waals surface area contributed by atoms with Crippen LogP contribution in [0.4, 0.5) is 8.78 Å². The maximum Gasteiger partial charge on any atom is 0.322 e. The van der Waals surface area contributed by atoms with Gasteiger partial charge in [-0.05, 0) is 32.3 Å². The van der Waals surface area contributed by atoms with Crippen LogP contribution < -0.4 is 5.73 Å². The Morgan fingerprint density at radius 1 is 1.41 bits per heavy atom. The van der Waals surface area contributed by atoms with Crippen LogP contribution in [0.5, 0.6) is 0 Å². The van der Waals surface area contributed by atoms with Crippen molar-refractivity contribution in [2.45, 2.75) is 12.1 Å². The fourth-order valence-electron chi connectivity index (χ4n) is 1.67. The third-order valence-electron chi connectivity index (χ3n) is 2.46. The molecule has 0 fully saturated rings. The SMILES string of the molecule is CN(C)C(c1cc(F)ccc1F)C(N)C(=O)O. The van der Waals surface area contributed by atoms with Crippen molar-refractivity contribution in [2.75, 3.05) is 14.1 Å². The topological polar surface area (TPSA) is 66.6 Å². The summed E-state index contributed by atoms with van der Waals surface area (Å²) in [5.41, 5.74) is 5.42. The minimum Gasteiger partial charge on any atom is -0.480 e. The van der Waals surface area contributed by atoms with E-state index in [9.17, 15) is 13.6 Å². The van der Waals surface area contributed by atoms with E-state index >= 15 is 0 Å². The maximum atomic E-state index is 13.6. The Bertz CT molecular complexity index is 424. The van der Waals surface area contributed by atoms with Crippen molar-refractivity contribution in [3.05, 3.63) is 35.4 Å². The van der Waals surface area contributed by atoms with Crippen molar-refractivity contribution in [3.63, 3.8) is 0 Å². The average molecular weight is 244 g/mol. The zero-order valence-corrected chi connectivity index (χ0v) is 9.52. The molecular formula is C11H14F2N2O2. The second-order valence-corrected chi connectivity index (χ2v) is 3.94. The Morgan fingerprint density at radius 2 is 2.00 bits per heavy atom. The van der Waals surface area contributed by atoms with Crippen LogP contribution in [0, 0.1) is 11.6 Å². The van der Waals surface area contributed by atoms with Crippen LogP contribution in [0.2, 0.25) is 0 Å². The van der Waals surface area contributed by atoms with Gasteiger partial charge in [0.05, 0.1) is 6.04 Å². The summed E-state index contributed by atoms with van der Waals surface area (Å²) in [6, 6.07) is 0.626. The Hall–Kier alpha value is -1.53. The van der Waals surface area contributed by atoms with Crippen LogP contribution in [0.1, 0.15) is 11.6 Å². The number of nitrogens with two attached hydrogens (primary N) is 1. The lowest BCUT2D eigenvalue weighted by molar-refractivity contribution is -0.140. The van der Waals surface area contributed by atoms with Crippen molar-refractivity contribution < 1.29 is 18.7 Å². The second kappa shape index (κ2) is 5.20. The first-order valence-electron chi connectivity index (χ1n) is 4.94. The van der Waals surface area contributed by atoms with Gasteiger partial charge in [-0.15, -0.1) is 0 Å². The lowest BCUT2D eigenvalue weighted by atomic mass is 9.98. The van der Waals surface area contributed by atoms with E-state index in [1.807, 2.05) is 0 Å². The zero-order valence-electron chi connectivity index (χ0n) is 9.52. The van der Waals surface area contributed by atoms with Crippen LogP contribution in [-0.2, 0) is 4.79 Å². The number of benzene rings is 1. The normalized spacial score (nSPS) is 14.7. The third kappa shape index (κ3) is 2.98. The summed E-state index contributed by atoms with van der Waals surface area (Å²) in [6.45, 7) is 0. The number of hydrogen-bond acceptors (Lipinski definition) is 3. The first-order chi connectivity index (χ1) is 7.84. The van der Waals surface area contributed by atoms with Gasteiger partial charge in [0.1, 0.15) is 17.7 Å². The van der Waals surface area contributed by atoms with Gasteiger partial charge in [0.2, 0.25) is 0 Å². The Labute approximate surface area is 97.6 Å². The van der Waals surface area contributed by atoms with E-state index in [0.29, 0.717) is 0 Å². The van der Waals surface area contributed by atoms with Crippen molar-refractivity contribution in [1.29, 1.82) is 0 Å². The molecule has 0 radical (unpaired) electrons. The summed E-state index contributed by atoms with van der Waals surface area (Å²) in [4.78, 5) is 12.3. The molecule has 0 heterocycles. The molecule has 0 saturated carbocycles. The predicted molar refractivity (Wildman–Crippen MR) is 58.4 cm³/mol. The number of carboxylic acid groups (broad SMARTS) is 1. The van der Waals surface area contributed by atoms with Crippen LogP contribution >= 0.6 is 0 Å². The van der Waals surface area contributed by atoms with E-state index in [1.54, 1.807) is 14.1 Å². The van der Waals surface area contributed by atoms with E-state index in [0.717, 1.165) is 18.2 Å². The molecule has 2 atom stereocenters. The Morgan fingerprint density at radius 3 is 2.47 bits per heavy atom. The van der Waals surface area contributed by atoms with Crippen LogP contribution in [0.25, 0.3) is 0 Å². The predicted octanol–water partition coefficient (Wildman–Crippen LogP) is 0.979. The summed E-state index contributed by atoms with van der Waals surface area (Å²) in [5.74, 6) is -2.58. The minimum atomic E-state index is -1.33. The molecule has 1 aromatic rings. The number of hydrogen-bond donors (Lipinski definition) is 2. The second-order valence-electron chi connectivity index (χ2n) is 3.94. The Kier molecular flexibility index (Phi) is 4.14. The van der Waals surface area contributed by atoms with E-state index in [1.165, 1.54) is 4.90 Å². The number of nitrogens with zero attached hydrogens (tertiary/aromatic N) is 1. The van der Waals surface area contributed by atoms with E-state index in [2.05, 4.69) is 0 Å². The number of carbonyl (C=O) groups is 1.